The first-order chi connectivity index (χ1) is 21.6. The molecule has 5 atom stereocenters. The van der Waals surface area contributed by atoms with Crippen LogP contribution in [0.4, 0.5) is 15.4 Å². The van der Waals surface area contributed by atoms with Crippen molar-refractivity contribution in [2.45, 2.75) is 62.4 Å². The average Bonchev–Trinajstić information content (AvgIpc) is 3.47. The van der Waals surface area contributed by atoms with E-state index in [0.29, 0.717) is 16.9 Å². The van der Waals surface area contributed by atoms with Crippen LogP contribution in [-0.4, -0.2) is 155 Å². The molecule has 0 aromatic carbocycles. The van der Waals surface area contributed by atoms with E-state index in [0.717, 1.165) is 30.6 Å². The van der Waals surface area contributed by atoms with Gasteiger partial charge in [0.25, 0.3) is 0 Å². The molecule has 4 rings (SSSR count). The van der Waals surface area contributed by atoms with Crippen molar-refractivity contribution in [1.82, 2.24) is 29.1 Å². The summed E-state index contributed by atoms with van der Waals surface area (Å²) in [5, 5.41) is 39.6. The molecule has 0 unspecified atom stereocenters. The van der Waals surface area contributed by atoms with E-state index < -0.39 is 58.8 Å². The number of aliphatic carboxylic acids is 1. The lowest BCUT2D eigenvalue weighted by Gasteiger charge is -2.38. The topological polar surface area (TPSA) is 237 Å². The number of carboxylic acid groups (broad SMARTS) is 1. The number of carbonyl (C=O) groups excluding carboxylic acids is 2. The summed E-state index contributed by atoms with van der Waals surface area (Å²) >= 11 is 0. The van der Waals surface area contributed by atoms with Crippen LogP contribution in [0.15, 0.2) is 18.6 Å². The third-order valence-electron chi connectivity index (χ3n) is 8.57. The third-order valence-corrected chi connectivity index (χ3v) is 10.1. The molecule has 256 valence electrons. The van der Waals surface area contributed by atoms with E-state index in [-0.39, 0.29) is 30.8 Å². The summed E-state index contributed by atoms with van der Waals surface area (Å²) in [6, 6.07) is 1.43. The van der Waals surface area contributed by atoms with Gasteiger partial charge in [0.2, 0.25) is 16.3 Å². The Hall–Kier alpha value is -3.62. The lowest BCUT2D eigenvalue weighted by atomic mass is 9.86. The molecule has 2 aliphatic rings. The summed E-state index contributed by atoms with van der Waals surface area (Å²) in [5.41, 5.74) is 0.382. The summed E-state index contributed by atoms with van der Waals surface area (Å²) in [6.07, 6.45) is -4.48. The second-order valence-corrected chi connectivity index (χ2v) is 13.6. The van der Waals surface area contributed by atoms with Crippen LogP contribution in [0.1, 0.15) is 25.7 Å². The molecule has 2 aromatic rings. The number of ether oxygens (including phenoxy) is 2. The lowest BCUT2D eigenvalue weighted by Crippen LogP contribution is -2.61. The fourth-order valence-electron chi connectivity index (χ4n) is 5.65. The van der Waals surface area contributed by atoms with E-state index in [4.69, 9.17) is 14.6 Å². The molecule has 0 bridgehead atoms. The molecule has 3 heterocycles. The number of likely N-dealkylation sites (N-methyl/N-ethyl adjacent to an activating group) is 2. The second-order valence-electron chi connectivity index (χ2n) is 11.6. The molecule has 5 N–H and O–H groups in total. The van der Waals surface area contributed by atoms with Gasteiger partial charge in [-0.25, -0.2) is 37.5 Å². The summed E-state index contributed by atoms with van der Waals surface area (Å²) in [6.45, 7) is 0.0134. The number of rotatable bonds is 10. The van der Waals surface area contributed by atoms with Gasteiger partial charge in [0.15, 0.2) is 11.8 Å². The van der Waals surface area contributed by atoms with Gasteiger partial charge in [0, 0.05) is 46.5 Å². The number of nitrogens with zero attached hydrogens (tertiary/aromatic N) is 6. The van der Waals surface area contributed by atoms with E-state index in [2.05, 4.69) is 14.7 Å². The highest BCUT2D eigenvalue weighted by Gasteiger charge is 2.48. The maximum Gasteiger partial charge on any atom is 0.411 e. The Morgan fingerprint density at radius 1 is 1.02 bits per heavy atom. The van der Waals surface area contributed by atoms with Gasteiger partial charge >= 0.3 is 18.1 Å². The first-order valence-electron chi connectivity index (χ1n) is 14.7. The standard InChI is InChI=1S/C27H41N7O11S/c1-28-46(42,43)13-15-5-7-16(8-6-15)33(4)22-17-9-10-34(23(17)30-14-29-22)26(40)31(2)11-12-32(3)27(41)45-25-20(37)18(35)19(36)21(44-25)24(38)39/h9-10,14-16,18-21,25,28,35-37H,5-8,11-13H2,1-4H3,(H,38,39)/t15?,16?,18-,19-,20+,21-,25-/m0/s1. The Morgan fingerprint density at radius 3 is 2.30 bits per heavy atom. The zero-order valence-corrected chi connectivity index (χ0v) is 26.8. The van der Waals surface area contributed by atoms with Gasteiger partial charge in [-0.05, 0) is 44.7 Å². The number of sulfonamides is 1. The van der Waals surface area contributed by atoms with Gasteiger partial charge in [-0.1, -0.05) is 0 Å². The number of anilines is 1. The predicted octanol–water partition coefficient (Wildman–Crippen LogP) is -1.16. The highest BCUT2D eigenvalue weighted by molar-refractivity contribution is 7.89. The van der Waals surface area contributed by atoms with Crippen LogP contribution in [0.25, 0.3) is 11.0 Å². The van der Waals surface area contributed by atoms with Crippen LogP contribution in [-0.2, 0) is 24.3 Å². The maximum absolute atomic E-state index is 13.4. The Bertz CT molecular complexity index is 1510. The first-order valence-corrected chi connectivity index (χ1v) is 16.4. The lowest BCUT2D eigenvalue weighted by molar-refractivity contribution is -0.279. The molecule has 2 fully saturated rings. The van der Waals surface area contributed by atoms with E-state index in [1.54, 1.807) is 12.3 Å². The maximum atomic E-state index is 13.4. The summed E-state index contributed by atoms with van der Waals surface area (Å²) in [7, 11) is 2.93. The normalized spacial score (nSPS) is 26.8. The summed E-state index contributed by atoms with van der Waals surface area (Å²) in [4.78, 5) is 50.5. The van der Waals surface area contributed by atoms with E-state index in [1.165, 1.54) is 36.9 Å². The smallest absolute Gasteiger partial charge is 0.411 e. The number of aliphatic hydroxyl groups excluding tert-OH is 3. The number of aliphatic hydroxyl groups is 3. The zero-order chi connectivity index (χ0) is 33.9. The third kappa shape index (κ3) is 7.67. The van der Waals surface area contributed by atoms with Crippen molar-refractivity contribution >= 4 is 45.0 Å². The Morgan fingerprint density at radius 2 is 1.67 bits per heavy atom. The number of hydrogen-bond donors (Lipinski definition) is 5. The van der Waals surface area contributed by atoms with Crippen LogP contribution in [0.2, 0.25) is 0 Å². The van der Waals surface area contributed by atoms with E-state index in [1.807, 2.05) is 11.9 Å². The molecule has 1 aliphatic carbocycles. The fourth-order valence-corrected chi connectivity index (χ4v) is 6.77. The van der Waals surface area contributed by atoms with Gasteiger partial charge in [0.1, 0.15) is 30.5 Å². The molecular formula is C27H41N7O11S. The molecule has 0 radical (unpaired) electrons. The predicted molar refractivity (Wildman–Crippen MR) is 161 cm³/mol. The summed E-state index contributed by atoms with van der Waals surface area (Å²) in [5.74, 6) is -0.783. The number of fused-ring (bicyclic) bond motifs is 1. The number of amides is 2. The molecule has 0 spiro atoms. The van der Waals surface area contributed by atoms with E-state index >= 15 is 0 Å². The minimum Gasteiger partial charge on any atom is -0.479 e. The van der Waals surface area contributed by atoms with Crippen molar-refractivity contribution in [3.8, 4) is 0 Å². The molecule has 1 aliphatic heterocycles. The van der Waals surface area contributed by atoms with Crippen LogP contribution >= 0.6 is 0 Å². The molecule has 1 saturated heterocycles. The zero-order valence-electron chi connectivity index (χ0n) is 26.0. The number of hydrogen-bond acceptors (Lipinski definition) is 13. The van der Waals surface area contributed by atoms with Crippen LogP contribution in [0, 0.1) is 5.92 Å². The summed E-state index contributed by atoms with van der Waals surface area (Å²) < 4.78 is 37.6. The number of carbonyl (C=O) groups is 3. The van der Waals surface area contributed by atoms with Gasteiger partial charge in [-0.3, -0.25) is 4.57 Å². The van der Waals surface area contributed by atoms with Crippen molar-refractivity contribution in [1.29, 1.82) is 0 Å². The van der Waals surface area contributed by atoms with Crippen molar-refractivity contribution < 1.29 is 52.7 Å². The van der Waals surface area contributed by atoms with Crippen molar-refractivity contribution in [3.63, 3.8) is 0 Å². The number of nitrogens with one attached hydrogen (secondary N) is 1. The fraction of sp³-hybridized carbons (Fsp3) is 0.667. The largest absolute Gasteiger partial charge is 0.479 e. The second kappa shape index (κ2) is 14.4. The number of aromatic nitrogens is 3. The van der Waals surface area contributed by atoms with Gasteiger partial charge < -0.3 is 44.6 Å². The van der Waals surface area contributed by atoms with Crippen LogP contribution < -0.4 is 9.62 Å². The molecule has 46 heavy (non-hydrogen) atoms. The van der Waals surface area contributed by atoms with Crippen molar-refractivity contribution in [2.75, 3.05) is 51.9 Å². The molecule has 18 nitrogen and oxygen atoms in total. The highest BCUT2D eigenvalue weighted by atomic mass is 32.2. The Balaban J connectivity index is 1.35. The van der Waals surface area contributed by atoms with Crippen molar-refractivity contribution in [3.05, 3.63) is 18.6 Å². The minimum atomic E-state index is -3.28. The first kappa shape index (κ1) is 35.2. The SMILES string of the molecule is CNS(=O)(=O)CC1CCC(N(C)c2ncnc3c2ccn3C(=O)N(C)CCN(C)C(=O)O[C@@H]2O[C@H](C(=O)O)[C@@H](O)[C@H](O)[C@H]2O)CC1. The quantitative estimate of drug-likeness (QED) is 0.200. The molecule has 2 aromatic heterocycles. The van der Waals surface area contributed by atoms with E-state index in [9.17, 15) is 38.1 Å². The Labute approximate surface area is 265 Å². The highest BCUT2D eigenvalue weighted by Crippen LogP contribution is 2.32. The van der Waals surface area contributed by atoms with Crippen LogP contribution in [0.3, 0.4) is 0 Å². The molecule has 1 saturated carbocycles. The van der Waals surface area contributed by atoms with Crippen molar-refractivity contribution in [2.24, 2.45) is 5.92 Å². The van der Waals surface area contributed by atoms with Gasteiger partial charge in [0.05, 0.1) is 11.1 Å². The molecule has 2 amide bonds. The van der Waals surface area contributed by atoms with Gasteiger partial charge in [-0.15, -0.1) is 0 Å². The monoisotopic (exact) mass is 671 g/mol. The molecular weight excluding hydrogens is 630 g/mol. The number of carboxylic acids is 1. The Kier molecular flexibility index (Phi) is 11.1. The average molecular weight is 672 g/mol. The molecule has 19 heteroatoms. The van der Waals surface area contributed by atoms with Crippen LogP contribution in [0.5, 0.6) is 0 Å². The van der Waals surface area contributed by atoms with Gasteiger partial charge in [-0.2, -0.15) is 0 Å². The minimum absolute atomic E-state index is 0.0299.